The summed E-state index contributed by atoms with van der Waals surface area (Å²) in [6, 6.07) is 6.16. The molecular weight excluding hydrogens is 252 g/mol. The molecule has 1 aliphatic rings. The molecule has 2 heterocycles. The van der Waals surface area contributed by atoms with Crippen molar-refractivity contribution >= 4 is 5.91 Å². The lowest BCUT2D eigenvalue weighted by atomic mass is 10.0. The predicted octanol–water partition coefficient (Wildman–Crippen LogP) is 1.98. The first-order valence-corrected chi connectivity index (χ1v) is 6.87. The van der Waals surface area contributed by atoms with Crippen LogP contribution >= 0.6 is 0 Å². The van der Waals surface area contributed by atoms with Crippen molar-refractivity contribution < 1.29 is 4.79 Å². The molecule has 104 valence electrons. The number of amides is 1. The average Bonchev–Trinajstić information content (AvgIpc) is 3.09. The maximum absolute atomic E-state index is 12.6. The molecule has 2 aromatic rings. The minimum absolute atomic E-state index is 0.108. The van der Waals surface area contributed by atoms with Crippen LogP contribution in [-0.4, -0.2) is 38.9 Å². The van der Waals surface area contributed by atoms with Gasteiger partial charge >= 0.3 is 0 Å². The van der Waals surface area contributed by atoms with E-state index in [1.807, 2.05) is 30.9 Å². The van der Waals surface area contributed by atoms with E-state index in [9.17, 15) is 4.79 Å². The van der Waals surface area contributed by atoms with Crippen LogP contribution in [0.1, 0.15) is 33.9 Å². The van der Waals surface area contributed by atoms with Gasteiger partial charge in [0.25, 0.3) is 5.91 Å². The molecule has 0 aliphatic carbocycles. The third-order valence-electron chi connectivity index (χ3n) is 3.83. The summed E-state index contributed by atoms with van der Waals surface area (Å²) in [5.41, 5.74) is 3.01. The number of nitrogens with zero attached hydrogens (tertiary/aromatic N) is 4. The zero-order valence-corrected chi connectivity index (χ0v) is 11.8. The van der Waals surface area contributed by atoms with E-state index in [1.165, 1.54) is 5.56 Å². The SMILES string of the molecule is Cc1ccc(C(=O)N2CCC(n3nccn3)C2)c(C)c1. The van der Waals surface area contributed by atoms with Crippen molar-refractivity contribution in [2.75, 3.05) is 13.1 Å². The molecule has 20 heavy (non-hydrogen) atoms. The summed E-state index contributed by atoms with van der Waals surface area (Å²) in [6.45, 7) is 5.47. The van der Waals surface area contributed by atoms with Crippen LogP contribution in [0.2, 0.25) is 0 Å². The lowest BCUT2D eigenvalue weighted by molar-refractivity contribution is 0.0785. The molecule has 1 aliphatic heterocycles. The van der Waals surface area contributed by atoms with Crippen molar-refractivity contribution in [1.29, 1.82) is 0 Å². The largest absolute Gasteiger partial charge is 0.336 e. The standard InChI is InChI=1S/C15H18N4O/c1-11-3-4-14(12(2)9-11)15(20)18-8-5-13(10-18)19-16-6-7-17-19/h3-4,6-7,9,13H,5,8,10H2,1-2H3. The van der Waals surface area contributed by atoms with Gasteiger partial charge < -0.3 is 4.90 Å². The minimum Gasteiger partial charge on any atom is -0.336 e. The second-order valence-corrected chi connectivity index (χ2v) is 5.36. The first-order chi connectivity index (χ1) is 9.65. The fourth-order valence-corrected chi connectivity index (χ4v) is 2.75. The third kappa shape index (κ3) is 2.31. The molecule has 1 atom stereocenters. The zero-order valence-electron chi connectivity index (χ0n) is 11.8. The van der Waals surface area contributed by atoms with E-state index in [2.05, 4.69) is 16.3 Å². The predicted molar refractivity (Wildman–Crippen MR) is 75.5 cm³/mol. The number of aromatic nitrogens is 3. The molecule has 1 saturated heterocycles. The van der Waals surface area contributed by atoms with E-state index in [-0.39, 0.29) is 11.9 Å². The highest BCUT2D eigenvalue weighted by atomic mass is 16.2. The van der Waals surface area contributed by atoms with Crippen LogP contribution in [-0.2, 0) is 0 Å². The Kier molecular flexibility index (Phi) is 3.26. The second-order valence-electron chi connectivity index (χ2n) is 5.36. The summed E-state index contributed by atoms with van der Waals surface area (Å²) in [7, 11) is 0. The first kappa shape index (κ1) is 12.8. The highest BCUT2D eigenvalue weighted by Crippen LogP contribution is 2.23. The molecular formula is C15H18N4O. The van der Waals surface area contributed by atoms with Gasteiger partial charge in [0.15, 0.2) is 0 Å². The first-order valence-electron chi connectivity index (χ1n) is 6.87. The normalized spacial score (nSPS) is 18.5. The number of likely N-dealkylation sites (tertiary alicyclic amines) is 1. The number of hydrogen-bond donors (Lipinski definition) is 0. The van der Waals surface area contributed by atoms with Crippen molar-refractivity contribution in [2.24, 2.45) is 0 Å². The number of aryl methyl sites for hydroxylation is 2. The molecule has 5 heteroatoms. The Morgan fingerprint density at radius 1 is 1.25 bits per heavy atom. The Morgan fingerprint density at radius 3 is 2.70 bits per heavy atom. The molecule has 0 saturated carbocycles. The summed E-state index contributed by atoms with van der Waals surface area (Å²) in [6.07, 6.45) is 4.26. The molecule has 1 aromatic heterocycles. The molecule has 1 fully saturated rings. The number of benzene rings is 1. The van der Waals surface area contributed by atoms with Crippen molar-refractivity contribution in [3.8, 4) is 0 Å². The molecule has 1 unspecified atom stereocenters. The fourth-order valence-electron chi connectivity index (χ4n) is 2.75. The van der Waals surface area contributed by atoms with Crippen LogP contribution in [0.5, 0.6) is 0 Å². The summed E-state index contributed by atoms with van der Waals surface area (Å²) < 4.78 is 0. The number of rotatable bonds is 2. The maximum atomic E-state index is 12.6. The Labute approximate surface area is 118 Å². The van der Waals surface area contributed by atoms with Gasteiger partial charge in [0.05, 0.1) is 18.4 Å². The van der Waals surface area contributed by atoms with Crippen LogP contribution in [0.4, 0.5) is 0 Å². The summed E-state index contributed by atoms with van der Waals surface area (Å²) in [4.78, 5) is 16.2. The lowest BCUT2D eigenvalue weighted by Gasteiger charge is -2.17. The Hall–Kier alpha value is -2.17. The van der Waals surface area contributed by atoms with Gasteiger partial charge in [-0.3, -0.25) is 4.79 Å². The van der Waals surface area contributed by atoms with Crippen molar-refractivity contribution in [3.05, 3.63) is 47.3 Å². The van der Waals surface area contributed by atoms with Gasteiger partial charge in [0, 0.05) is 18.7 Å². The molecule has 0 N–H and O–H groups in total. The molecule has 0 radical (unpaired) electrons. The Balaban J connectivity index is 1.76. The summed E-state index contributed by atoms with van der Waals surface area (Å²) in [5.74, 6) is 0.108. The van der Waals surface area contributed by atoms with Gasteiger partial charge in [-0.25, -0.2) is 0 Å². The number of carbonyl (C=O) groups excluding carboxylic acids is 1. The number of hydrogen-bond acceptors (Lipinski definition) is 3. The molecule has 5 nitrogen and oxygen atoms in total. The third-order valence-corrected chi connectivity index (χ3v) is 3.83. The van der Waals surface area contributed by atoms with E-state index in [0.29, 0.717) is 6.54 Å². The highest BCUT2D eigenvalue weighted by molar-refractivity contribution is 5.95. The number of carbonyl (C=O) groups is 1. The molecule has 1 aromatic carbocycles. The van der Waals surface area contributed by atoms with Crippen LogP contribution in [0.3, 0.4) is 0 Å². The van der Waals surface area contributed by atoms with Crippen molar-refractivity contribution in [3.63, 3.8) is 0 Å². The van der Waals surface area contributed by atoms with E-state index < -0.39 is 0 Å². The van der Waals surface area contributed by atoms with Crippen LogP contribution < -0.4 is 0 Å². The van der Waals surface area contributed by atoms with Gasteiger partial charge in [-0.1, -0.05) is 17.7 Å². The van der Waals surface area contributed by atoms with Crippen molar-refractivity contribution in [2.45, 2.75) is 26.3 Å². The van der Waals surface area contributed by atoms with Crippen LogP contribution in [0.15, 0.2) is 30.6 Å². The van der Waals surface area contributed by atoms with E-state index in [0.717, 1.165) is 24.1 Å². The smallest absolute Gasteiger partial charge is 0.254 e. The van der Waals surface area contributed by atoms with Gasteiger partial charge in [0.2, 0.25) is 0 Å². The summed E-state index contributed by atoms with van der Waals surface area (Å²) >= 11 is 0. The van der Waals surface area contributed by atoms with E-state index in [4.69, 9.17) is 0 Å². The van der Waals surface area contributed by atoms with Gasteiger partial charge in [0.1, 0.15) is 0 Å². The Morgan fingerprint density at radius 2 is 2.00 bits per heavy atom. The fraction of sp³-hybridized carbons (Fsp3) is 0.400. The molecule has 1 amide bonds. The van der Waals surface area contributed by atoms with Crippen LogP contribution in [0, 0.1) is 13.8 Å². The zero-order chi connectivity index (χ0) is 14.1. The molecule has 3 rings (SSSR count). The molecule has 0 spiro atoms. The van der Waals surface area contributed by atoms with E-state index in [1.54, 1.807) is 17.2 Å². The van der Waals surface area contributed by atoms with E-state index >= 15 is 0 Å². The maximum Gasteiger partial charge on any atom is 0.254 e. The molecule has 0 bridgehead atoms. The summed E-state index contributed by atoms with van der Waals surface area (Å²) in [5, 5.41) is 8.32. The van der Waals surface area contributed by atoms with Crippen LogP contribution in [0.25, 0.3) is 0 Å². The average molecular weight is 270 g/mol. The van der Waals surface area contributed by atoms with Gasteiger partial charge in [-0.15, -0.1) is 0 Å². The lowest BCUT2D eigenvalue weighted by Crippen LogP contribution is -2.30. The minimum atomic E-state index is 0.108. The van der Waals surface area contributed by atoms with Gasteiger partial charge in [-0.2, -0.15) is 15.0 Å². The monoisotopic (exact) mass is 270 g/mol. The topological polar surface area (TPSA) is 51.0 Å². The Bertz CT molecular complexity index is 621. The van der Waals surface area contributed by atoms with Gasteiger partial charge in [-0.05, 0) is 31.9 Å². The second kappa shape index (κ2) is 5.07. The quantitative estimate of drug-likeness (QED) is 0.838. The highest BCUT2D eigenvalue weighted by Gasteiger charge is 2.29. The van der Waals surface area contributed by atoms with Crippen molar-refractivity contribution in [1.82, 2.24) is 19.9 Å².